The molecule has 0 unspecified atom stereocenters. The Kier molecular flexibility index (Phi) is 5.32. The van der Waals surface area contributed by atoms with Crippen LogP contribution in [0.25, 0.3) is 0 Å². The van der Waals surface area contributed by atoms with Crippen LogP contribution in [0, 0.1) is 0 Å². The van der Waals surface area contributed by atoms with Crippen molar-refractivity contribution in [1.29, 1.82) is 0 Å². The van der Waals surface area contributed by atoms with Gasteiger partial charge in [-0.15, -0.1) is 0 Å². The number of amides is 1. The molecule has 1 aromatic carbocycles. The van der Waals surface area contributed by atoms with Gasteiger partial charge in [0.25, 0.3) is 0 Å². The van der Waals surface area contributed by atoms with Crippen LogP contribution < -0.4 is 0 Å². The van der Waals surface area contributed by atoms with Gasteiger partial charge in [0.1, 0.15) is 0 Å². The van der Waals surface area contributed by atoms with E-state index in [9.17, 15) is 4.79 Å². The molecular weight excluding hydrogens is 322 g/mol. The first-order valence-electron chi connectivity index (χ1n) is 4.68. The topological polar surface area (TPSA) is 20.3 Å². The third kappa shape index (κ3) is 4.34. The SMILES string of the molecule is CN(Cc1cccc(Br)c1)C(=O)CCBr. The summed E-state index contributed by atoms with van der Waals surface area (Å²) in [5.74, 6) is 0.159. The summed E-state index contributed by atoms with van der Waals surface area (Å²) in [6.07, 6.45) is 0.546. The molecule has 0 atom stereocenters. The first kappa shape index (κ1) is 12.7. The Labute approximate surface area is 107 Å². The Balaban J connectivity index is 2.58. The highest BCUT2D eigenvalue weighted by Gasteiger charge is 2.07. The Hall–Kier alpha value is -0.350. The largest absolute Gasteiger partial charge is 0.341 e. The van der Waals surface area contributed by atoms with Gasteiger partial charge in [0.2, 0.25) is 5.91 Å². The molecule has 0 fully saturated rings. The number of carbonyl (C=O) groups is 1. The van der Waals surface area contributed by atoms with Crippen molar-refractivity contribution >= 4 is 37.8 Å². The lowest BCUT2D eigenvalue weighted by Gasteiger charge is -2.16. The summed E-state index contributed by atoms with van der Waals surface area (Å²) >= 11 is 6.67. The highest BCUT2D eigenvalue weighted by Crippen LogP contribution is 2.13. The molecule has 0 N–H and O–H groups in total. The monoisotopic (exact) mass is 333 g/mol. The maximum atomic E-state index is 11.5. The van der Waals surface area contributed by atoms with Crippen LogP contribution in [0.2, 0.25) is 0 Å². The fourth-order valence-corrected chi connectivity index (χ4v) is 2.05. The van der Waals surface area contributed by atoms with E-state index in [4.69, 9.17) is 0 Å². The molecule has 0 aromatic heterocycles. The standard InChI is InChI=1S/C11H13Br2NO/c1-14(11(15)5-6-12)8-9-3-2-4-10(13)7-9/h2-4,7H,5-6,8H2,1H3. The molecule has 15 heavy (non-hydrogen) atoms. The molecule has 0 aliphatic rings. The number of carbonyl (C=O) groups excluding carboxylic acids is 1. The summed E-state index contributed by atoms with van der Waals surface area (Å²) in [5, 5.41) is 0.717. The quantitative estimate of drug-likeness (QED) is 0.774. The molecule has 0 aliphatic carbocycles. The predicted octanol–water partition coefficient (Wildman–Crippen LogP) is 3.19. The molecule has 4 heteroatoms. The Bertz CT molecular complexity index is 341. The van der Waals surface area contributed by atoms with E-state index in [1.807, 2.05) is 31.3 Å². The fraction of sp³-hybridized carbons (Fsp3) is 0.364. The third-order valence-electron chi connectivity index (χ3n) is 2.04. The van der Waals surface area contributed by atoms with Crippen LogP contribution in [0.1, 0.15) is 12.0 Å². The van der Waals surface area contributed by atoms with E-state index >= 15 is 0 Å². The van der Waals surface area contributed by atoms with Gasteiger partial charge in [-0.1, -0.05) is 44.0 Å². The zero-order valence-corrected chi connectivity index (χ0v) is 11.7. The van der Waals surface area contributed by atoms with Crippen LogP contribution in [0.5, 0.6) is 0 Å². The number of alkyl halides is 1. The van der Waals surface area contributed by atoms with Crippen molar-refractivity contribution in [3.05, 3.63) is 34.3 Å². The van der Waals surface area contributed by atoms with Crippen LogP contribution in [0.3, 0.4) is 0 Å². The minimum atomic E-state index is 0.159. The van der Waals surface area contributed by atoms with Crippen molar-refractivity contribution in [3.8, 4) is 0 Å². The number of hydrogen-bond donors (Lipinski definition) is 0. The molecule has 0 aliphatic heterocycles. The molecule has 0 saturated heterocycles. The van der Waals surface area contributed by atoms with Crippen LogP contribution in [0.4, 0.5) is 0 Å². The second-order valence-electron chi connectivity index (χ2n) is 3.32. The number of benzene rings is 1. The molecular formula is C11H13Br2NO. The van der Waals surface area contributed by atoms with Gasteiger partial charge in [-0.2, -0.15) is 0 Å². The second-order valence-corrected chi connectivity index (χ2v) is 5.03. The zero-order valence-electron chi connectivity index (χ0n) is 8.54. The smallest absolute Gasteiger partial charge is 0.223 e. The van der Waals surface area contributed by atoms with Crippen molar-refractivity contribution < 1.29 is 4.79 Å². The fourth-order valence-electron chi connectivity index (χ4n) is 1.27. The van der Waals surface area contributed by atoms with Gasteiger partial charge in [0.15, 0.2) is 0 Å². The maximum Gasteiger partial charge on any atom is 0.223 e. The molecule has 0 bridgehead atoms. The molecule has 82 valence electrons. The summed E-state index contributed by atoms with van der Waals surface area (Å²) in [4.78, 5) is 13.3. The van der Waals surface area contributed by atoms with Gasteiger partial charge in [-0.3, -0.25) is 4.79 Å². The Morgan fingerprint density at radius 2 is 2.20 bits per heavy atom. The van der Waals surface area contributed by atoms with Crippen LogP contribution >= 0.6 is 31.9 Å². The molecule has 1 amide bonds. The van der Waals surface area contributed by atoms with Gasteiger partial charge < -0.3 is 4.90 Å². The van der Waals surface area contributed by atoms with Gasteiger partial charge in [-0.05, 0) is 17.7 Å². The van der Waals surface area contributed by atoms with Crippen molar-refractivity contribution in [2.24, 2.45) is 0 Å². The van der Waals surface area contributed by atoms with E-state index in [0.717, 1.165) is 10.0 Å². The minimum Gasteiger partial charge on any atom is -0.341 e. The van der Waals surface area contributed by atoms with Gasteiger partial charge in [0, 0.05) is 29.8 Å². The maximum absolute atomic E-state index is 11.5. The van der Waals surface area contributed by atoms with Gasteiger partial charge >= 0.3 is 0 Å². The number of nitrogens with zero attached hydrogens (tertiary/aromatic N) is 1. The normalized spacial score (nSPS) is 10.1. The summed E-state index contributed by atoms with van der Waals surface area (Å²) in [6.45, 7) is 0.658. The molecule has 1 aromatic rings. The van der Waals surface area contributed by atoms with E-state index in [1.54, 1.807) is 4.90 Å². The number of halogens is 2. The number of hydrogen-bond acceptors (Lipinski definition) is 1. The summed E-state index contributed by atoms with van der Waals surface area (Å²) in [6, 6.07) is 7.99. The van der Waals surface area contributed by atoms with E-state index in [-0.39, 0.29) is 5.91 Å². The Morgan fingerprint density at radius 1 is 1.47 bits per heavy atom. The lowest BCUT2D eigenvalue weighted by molar-refractivity contribution is -0.129. The Morgan fingerprint density at radius 3 is 2.80 bits per heavy atom. The first-order valence-corrected chi connectivity index (χ1v) is 6.59. The second kappa shape index (κ2) is 6.28. The summed E-state index contributed by atoms with van der Waals surface area (Å²) in [5.41, 5.74) is 1.13. The third-order valence-corrected chi connectivity index (χ3v) is 2.93. The van der Waals surface area contributed by atoms with E-state index in [1.165, 1.54) is 0 Å². The lowest BCUT2D eigenvalue weighted by Crippen LogP contribution is -2.26. The van der Waals surface area contributed by atoms with E-state index in [2.05, 4.69) is 31.9 Å². The number of rotatable bonds is 4. The molecule has 1 rings (SSSR count). The zero-order chi connectivity index (χ0) is 11.3. The molecule has 0 radical (unpaired) electrons. The highest BCUT2D eigenvalue weighted by molar-refractivity contribution is 9.10. The van der Waals surface area contributed by atoms with Crippen LogP contribution in [-0.2, 0) is 11.3 Å². The summed E-state index contributed by atoms with van der Waals surface area (Å²) in [7, 11) is 1.83. The van der Waals surface area contributed by atoms with Gasteiger partial charge in [-0.25, -0.2) is 0 Å². The average Bonchev–Trinajstić information content (AvgIpc) is 2.18. The lowest BCUT2D eigenvalue weighted by atomic mass is 10.2. The molecule has 0 saturated carbocycles. The van der Waals surface area contributed by atoms with Crippen molar-refractivity contribution in [3.63, 3.8) is 0 Å². The van der Waals surface area contributed by atoms with Crippen molar-refractivity contribution in [2.45, 2.75) is 13.0 Å². The average molecular weight is 335 g/mol. The predicted molar refractivity (Wildman–Crippen MR) is 69.0 cm³/mol. The van der Waals surface area contributed by atoms with Crippen molar-refractivity contribution in [2.75, 3.05) is 12.4 Å². The molecule has 0 spiro atoms. The van der Waals surface area contributed by atoms with Crippen molar-refractivity contribution in [1.82, 2.24) is 4.90 Å². The highest BCUT2D eigenvalue weighted by atomic mass is 79.9. The molecule has 0 heterocycles. The summed E-state index contributed by atoms with van der Waals surface area (Å²) < 4.78 is 1.04. The van der Waals surface area contributed by atoms with Gasteiger partial charge in [0.05, 0.1) is 0 Å². The molecule has 2 nitrogen and oxygen atoms in total. The first-order chi connectivity index (χ1) is 7.13. The van der Waals surface area contributed by atoms with E-state index in [0.29, 0.717) is 18.3 Å². The van der Waals surface area contributed by atoms with Crippen LogP contribution in [-0.4, -0.2) is 23.2 Å². The van der Waals surface area contributed by atoms with E-state index < -0.39 is 0 Å². The van der Waals surface area contributed by atoms with Crippen LogP contribution in [0.15, 0.2) is 28.7 Å². The minimum absolute atomic E-state index is 0.159.